The zero-order valence-corrected chi connectivity index (χ0v) is 8.86. The van der Waals surface area contributed by atoms with Crippen molar-refractivity contribution in [3.8, 4) is 0 Å². The molecular weight excluding hydrogens is 182 g/mol. The second-order valence-electron chi connectivity index (χ2n) is 4.04. The Morgan fingerprint density at radius 2 is 1.86 bits per heavy atom. The van der Waals surface area contributed by atoms with Crippen molar-refractivity contribution in [2.45, 2.75) is 45.7 Å². The number of hydrogen-bond acceptors (Lipinski definition) is 2. The zero-order chi connectivity index (χ0) is 10.9. The average molecular weight is 199 g/mol. The van der Waals surface area contributed by atoms with Crippen LogP contribution in [0.1, 0.15) is 33.6 Å². The van der Waals surface area contributed by atoms with E-state index in [4.69, 9.17) is 5.11 Å². The standard InChI is InChI=1S/C10H17NO3/c1-6-4-5-9(10(13)14)7(2)11(6)8(3)12/h6-7,9H,4-5H2,1-3H3,(H,13,14). The van der Waals surface area contributed by atoms with Crippen LogP contribution in [-0.2, 0) is 9.59 Å². The summed E-state index contributed by atoms with van der Waals surface area (Å²) in [4.78, 5) is 23.9. The number of carbonyl (C=O) groups is 2. The van der Waals surface area contributed by atoms with Gasteiger partial charge in [0, 0.05) is 19.0 Å². The second kappa shape index (κ2) is 3.98. The van der Waals surface area contributed by atoms with Gasteiger partial charge in [-0.3, -0.25) is 9.59 Å². The molecule has 4 heteroatoms. The Bertz CT molecular complexity index is 252. The van der Waals surface area contributed by atoms with Gasteiger partial charge in [-0.05, 0) is 26.7 Å². The molecule has 1 N–H and O–H groups in total. The number of rotatable bonds is 1. The van der Waals surface area contributed by atoms with Crippen molar-refractivity contribution >= 4 is 11.9 Å². The van der Waals surface area contributed by atoms with E-state index in [9.17, 15) is 9.59 Å². The zero-order valence-electron chi connectivity index (χ0n) is 8.86. The molecule has 0 aromatic rings. The van der Waals surface area contributed by atoms with Crippen molar-refractivity contribution < 1.29 is 14.7 Å². The highest BCUT2D eigenvalue weighted by Gasteiger charge is 2.37. The van der Waals surface area contributed by atoms with E-state index in [0.717, 1.165) is 6.42 Å². The maximum Gasteiger partial charge on any atom is 0.308 e. The molecule has 0 aliphatic carbocycles. The van der Waals surface area contributed by atoms with Crippen LogP contribution < -0.4 is 0 Å². The van der Waals surface area contributed by atoms with E-state index in [-0.39, 0.29) is 18.0 Å². The number of aliphatic carboxylic acids is 1. The Morgan fingerprint density at radius 1 is 1.29 bits per heavy atom. The quantitative estimate of drug-likeness (QED) is 0.688. The van der Waals surface area contributed by atoms with Crippen molar-refractivity contribution in [3.63, 3.8) is 0 Å². The molecule has 0 saturated carbocycles. The molecule has 1 fully saturated rings. The number of carboxylic acids is 1. The third kappa shape index (κ3) is 1.89. The number of carboxylic acid groups (broad SMARTS) is 1. The molecule has 0 spiro atoms. The molecule has 0 radical (unpaired) electrons. The lowest BCUT2D eigenvalue weighted by molar-refractivity contribution is -0.150. The van der Waals surface area contributed by atoms with E-state index in [0.29, 0.717) is 6.42 Å². The van der Waals surface area contributed by atoms with Crippen molar-refractivity contribution in [1.82, 2.24) is 4.90 Å². The fraction of sp³-hybridized carbons (Fsp3) is 0.800. The molecule has 14 heavy (non-hydrogen) atoms. The number of hydrogen-bond donors (Lipinski definition) is 1. The highest BCUT2D eigenvalue weighted by molar-refractivity contribution is 5.77. The number of piperidine rings is 1. The number of amides is 1. The molecule has 1 aliphatic rings. The molecule has 0 aromatic heterocycles. The van der Waals surface area contributed by atoms with Crippen LogP contribution in [0.2, 0.25) is 0 Å². The number of carbonyl (C=O) groups excluding carboxylic acids is 1. The lowest BCUT2D eigenvalue weighted by Crippen LogP contribution is -2.52. The lowest BCUT2D eigenvalue weighted by Gasteiger charge is -2.41. The van der Waals surface area contributed by atoms with Gasteiger partial charge in [-0.25, -0.2) is 0 Å². The SMILES string of the molecule is CC(=O)N1C(C)CCC(C(=O)O)C1C. The molecular formula is C10H17NO3. The van der Waals surface area contributed by atoms with Crippen molar-refractivity contribution in [3.05, 3.63) is 0 Å². The normalized spacial score (nSPS) is 32.8. The summed E-state index contributed by atoms with van der Waals surface area (Å²) >= 11 is 0. The average Bonchev–Trinajstić information content (AvgIpc) is 2.02. The van der Waals surface area contributed by atoms with Crippen LogP contribution >= 0.6 is 0 Å². The molecule has 0 aromatic carbocycles. The second-order valence-corrected chi connectivity index (χ2v) is 4.04. The van der Waals surface area contributed by atoms with Crippen LogP contribution in [0.4, 0.5) is 0 Å². The summed E-state index contributed by atoms with van der Waals surface area (Å²) in [7, 11) is 0. The molecule has 80 valence electrons. The van der Waals surface area contributed by atoms with E-state index in [1.54, 1.807) is 4.90 Å². The first-order chi connectivity index (χ1) is 6.45. The summed E-state index contributed by atoms with van der Waals surface area (Å²) in [6, 6.07) is -0.0214. The summed E-state index contributed by atoms with van der Waals surface area (Å²) in [6.45, 7) is 5.28. The van der Waals surface area contributed by atoms with Gasteiger partial charge in [0.05, 0.1) is 5.92 Å². The minimum atomic E-state index is -0.796. The Labute approximate surface area is 83.9 Å². The van der Waals surface area contributed by atoms with Gasteiger partial charge >= 0.3 is 5.97 Å². The monoisotopic (exact) mass is 199 g/mol. The smallest absolute Gasteiger partial charge is 0.308 e. The topological polar surface area (TPSA) is 57.6 Å². The highest BCUT2D eigenvalue weighted by atomic mass is 16.4. The molecule has 1 heterocycles. The fourth-order valence-corrected chi connectivity index (χ4v) is 2.32. The highest BCUT2D eigenvalue weighted by Crippen LogP contribution is 2.28. The maximum absolute atomic E-state index is 11.3. The minimum absolute atomic E-state index is 0.0315. The van der Waals surface area contributed by atoms with Crippen LogP contribution in [0, 0.1) is 5.92 Å². The van der Waals surface area contributed by atoms with Crippen LogP contribution in [-0.4, -0.2) is 34.0 Å². The predicted molar refractivity (Wildman–Crippen MR) is 51.8 cm³/mol. The summed E-state index contributed by atoms with van der Waals surface area (Å²) in [6.07, 6.45) is 1.45. The molecule has 1 amide bonds. The van der Waals surface area contributed by atoms with Gasteiger partial charge in [0.1, 0.15) is 0 Å². The van der Waals surface area contributed by atoms with Crippen molar-refractivity contribution in [2.24, 2.45) is 5.92 Å². The van der Waals surface area contributed by atoms with E-state index in [2.05, 4.69) is 0 Å². The van der Waals surface area contributed by atoms with Crippen molar-refractivity contribution in [1.29, 1.82) is 0 Å². The molecule has 4 nitrogen and oxygen atoms in total. The van der Waals surface area contributed by atoms with Crippen molar-refractivity contribution in [2.75, 3.05) is 0 Å². The first kappa shape index (κ1) is 11.0. The molecule has 3 atom stereocenters. The fourth-order valence-electron chi connectivity index (χ4n) is 2.32. The summed E-state index contributed by atoms with van der Waals surface area (Å²) in [5.74, 6) is -1.23. The van der Waals surface area contributed by atoms with Gasteiger partial charge in [0.2, 0.25) is 5.91 Å². The van der Waals surface area contributed by atoms with Gasteiger partial charge in [-0.15, -0.1) is 0 Å². The Morgan fingerprint density at radius 3 is 2.29 bits per heavy atom. The molecule has 1 aliphatic heterocycles. The predicted octanol–water partition coefficient (Wildman–Crippen LogP) is 1.11. The Kier molecular flexibility index (Phi) is 3.13. The molecule has 3 unspecified atom stereocenters. The van der Waals surface area contributed by atoms with Gasteiger partial charge < -0.3 is 10.0 Å². The summed E-state index contributed by atoms with van der Waals surface area (Å²) in [5, 5.41) is 8.96. The van der Waals surface area contributed by atoms with E-state index >= 15 is 0 Å². The first-order valence-electron chi connectivity index (χ1n) is 4.97. The maximum atomic E-state index is 11.3. The van der Waals surface area contributed by atoms with Crippen LogP contribution in [0.5, 0.6) is 0 Å². The van der Waals surface area contributed by atoms with Gasteiger partial charge in [0.25, 0.3) is 0 Å². The molecule has 1 rings (SSSR count). The van der Waals surface area contributed by atoms with E-state index < -0.39 is 11.9 Å². The third-order valence-electron chi connectivity index (χ3n) is 3.07. The summed E-state index contributed by atoms with van der Waals surface area (Å²) < 4.78 is 0. The van der Waals surface area contributed by atoms with Gasteiger partial charge in [-0.1, -0.05) is 0 Å². The van der Waals surface area contributed by atoms with Crippen LogP contribution in [0.25, 0.3) is 0 Å². The molecule has 0 bridgehead atoms. The third-order valence-corrected chi connectivity index (χ3v) is 3.07. The summed E-state index contributed by atoms with van der Waals surface area (Å²) in [5.41, 5.74) is 0. The number of nitrogens with zero attached hydrogens (tertiary/aromatic N) is 1. The lowest BCUT2D eigenvalue weighted by atomic mass is 9.87. The molecule has 1 saturated heterocycles. The van der Waals surface area contributed by atoms with Gasteiger partial charge in [0.15, 0.2) is 0 Å². The number of likely N-dealkylation sites (tertiary alicyclic amines) is 1. The van der Waals surface area contributed by atoms with E-state index in [1.807, 2.05) is 13.8 Å². The largest absolute Gasteiger partial charge is 0.481 e. The van der Waals surface area contributed by atoms with Crippen LogP contribution in [0.3, 0.4) is 0 Å². The van der Waals surface area contributed by atoms with Crippen LogP contribution in [0.15, 0.2) is 0 Å². The van der Waals surface area contributed by atoms with Gasteiger partial charge in [-0.2, -0.15) is 0 Å². The first-order valence-corrected chi connectivity index (χ1v) is 4.97. The minimum Gasteiger partial charge on any atom is -0.481 e. The van der Waals surface area contributed by atoms with E-state index in [1.165, 1.54) is 6.92 Å². The Balaban J connectivity index is 2.82. The Hall–Kier alpha value is -1.06.